The summed E-state index contributed by atoms with van der Waals surface area (Å²) in [4.78, 5) is 29.7. The van der Waals surface area contributed by atoms with Crippen LogP contribution in [0.2, 0.25) is 5.02 Å². The number of anilines is 2. The number of ether oxygens (including phenoxy) is 1. The van der Waals surface area contributed by atoms with E-state index in [1.807, 2.05) is 18.2 Å². The Labute approximate surface area is 195 Å². The molecule has 8 nitrogen and oxygen atoms in total. The molecular formula is C24H20ClN5O3. The molecule has 9 heteroatoms. The summed E-state index contributed by atoms with van der Waals surface area (Å²) in [6, 6.07) is 20.8. The summed E-state index contributed by atoms with van der Waals surface area (Å²) in [5, 5.41) is 7.37. The molecule has 0 saturated heterocycles. The summed E-state index contributed by atoms with van der Waals surface area (Å²) in [5.74, 6) is -0.404. The van der Waals surface area contributed by atoms with Gasteiger partial charge in [0.2, 0.25) is 0 Å². The van der Waals surface area contributed by atoms with Crippen molar-refractivity contribution in [1.82, 2.24) is 14.8 Å². The van der Waals surface area contributed by atoms with E-state index >= 15 is 0 Å². The van der Waals surface area contributed by atoms with Crippen LogP contribution in [-0.2, 0) is 4.74 Å². The zero-order valence-corrected chi connectivity index (χ0v) is 18.4. The lowest BCUT2D eigenvalue weighted by Gasteiger charge is -2.11. The lowest BCUT2D eigenvalue weighted by molar-refractivity contribution is 0.0518. The number of hydrogen-bond acceptors (Lipinski definition) is 6. The van der Waals surface area contributed by atoms with E-state index in [-0.39, 0.29) is 28.7 Å². The van der Waals surface area contributed by atoms with Crippen molar-refractivity contribution in [2.75, 3.05) is 17.7 Å². The van der Waals surface area contributed by atoms with E-state index in [1.54, 1.807) is 55.5 Å². The van der Waals surface area contributed by atoms with Gasteiger partial charge in [-0.05, 0) is 43.3 Å². The molecule has 0 atom stereocenters. The second kappa shape index (κ2) is 9.54. The van der Waals surface area contributed by atoms with Crippen molar-refractivity contribution in [3.8, 4) is 16.9 Å². The third kappa shape index (κ3) is 4.86. The lowest BCUT2D eigenvalue weighted by atomic mass is 10.1. The number of para-hydroxylation sites is 1. The van der Waals surface area contributed by atoms with Crippen LogP contribution in [0.4, 0.5) is 11.6 Å². The molecule has 0 aliphatic rings. The van der Waals surface area contributed by atoms with Crippen molar-refractivity contribution in [2.45, 2.75) is 6.92 Å². The summed E-state index contributed by atoms with van der Waals surface area (Å²) >= 11 is 6.33. The fourth-order valence-electron chi connectivity index (χ4n) is 3.20. The van der Waals surface area contributed by atoms with Gasteiger partial charge in [0.25, 0.3) is 5.91 Å². The van der Waals surface area contributed by atoms with E-state index in [1.165, 1.54) is 10.7 Å². The molecule has 0 spiro atoms. The maximum atomic E-state index is 13.2. The molecule has 0 unspecified atom stereocenters. The highest BCUT2D eigenvalue weighted by molar-refractivity contribution is 6.34. The van der Waals surface area contributed by atoms with Crippen LogP contribution in [0.1, 0.15) is 27.8 Å². The van der Waals surface area contributed by atoms with Gasteiger partial charge in [0, 0.05) is 11.6 Å². The zero-order chi connectivity index (χ0) is 23.4. The average Bonchev–Trinajstić information content (AvgIpc) is 3.24. The van der Waals surface area contributed by atoms with Crippen molar-refractivity contribution in [2.24, 2.45) is 0 Å². The molecule has 4 aromatic rings. The van der Waals surface area contributed by atoms with Crippen molar-refractivity contribution < 1.29 is 14.3 Å². The molecular weight excluding hydrogens is 442 g/mol. The summed E-state index contributed by atoms with van der Waals surface area (Å²) in [6.45, 7) is 1.91. The number of carbonyl (C=O) groups is 2. The van der Waals surface area contributed by atoms with Crippen LogP contribution in [0, 0.1) is 0 Å². The second-order valence-corrected chi connectivity index (χ2v) is 7.39. The van der Waals surface area contributed by atoms with Crippen LogP contribution >= 0.6 is 11.6 Å². The van der Waals surface area contributed by atoms with Gasteiger partial charge in [-0.1, -0.05) is 41.9 Å². The maximum Gasteiger partial charge on any atom is 0.358 e. The molecule has 4 rings (SSSR count). The fourth-order valence-corrected chi connectivity index (χ4v) is 3.40. The van der Waals surface area contributed by atoms with Crippen LogP contribution in [0.25, 0.3) is 16.9 Å². The van der Waals surface area contributed by atoms with Gasteiger partial charge in [0.1, 0.15) is 11.6 Å². The van der Waals surface area contributed by atoms with E-state index in [0.29, 0.717) is 22.8 Å². The number of pyridine rings is 1. The van der Waals surface area contributed by atoms with Gasteiger partial charge in [0.15, 0.2) is 5.69 Å². The Kier molecular flexibility index (Phi) is 6.37. The highest BCUT2D eigenvalue weighted by atomic mass is 35.5. The molecule has 0 fully saturated rings. The number of nitrogen functional groups attached to an aromatic ring is 1. The number of nitrogens with two attached hydrogens (primary N) is 1. The minimum absolute atomic E-state index is 0.0693. The molecule has 166 valence electrons. The lowest BCUT2D eigenvalue weighted by Crippen LogP contribution is -2.15. The normalized spacial score (nSPS) is 10.6. The van der Waals surface area contributed by atoms with E-state index in [0.717, 1.165) is 0 Å². The Morgan fingerprint density at radius 2 is 1.85 bits per heavy atom. The van der Waals surface area contributed by atoms with Crippen LogP contribution < -0.4 is 11.1 Å². The van der Waals surface area contributed by atoms with E-state index < -0.39 is 11.9 Å². The molecule has 2 aromatic heterocycles. The van der Waals surface area contributed by atoms with Gasteiger partial charge in [-0.3, -0.25) is 4.79 Å². The number of carbonyl (C=O) groups excluding carboxylic acids is 2. The SMILES string of the molecule is CCOC(=O)c1cc(NC(=O)c2cc(-c3cccc(N)n3)ccc2Cl)n(-c2ccccc2)n1. The smallest absolute Gasteiger partial charge is 0.358 e. The van der Waals surface area contributed by atoms with Gasteiger partial charge in [-0.25, -0.2) is 14.5 Å². The van der Waals surface area contributed by atoms with Crippen LogP contribution in [0.15, 0.2) is 72.8 Å². The number of aromatic nitrogens is 3. The fraction of sp³-hybridized carbons (Fsp3) is 0.0833. The first-order valence-corrected chi connectivity index (χ1v) is 10.5. The first-order valence-electron chi connectivity index (χ1n) is 10.1. The summed E-state index contributed by atoms with van der Waals surface area (Å²) < 4.78 is 6.51. The molecule has 3 N–H and O–H groups in total. The molecule has 0 radical (unpaired) electrons. The summed E-state index contributed by atoms with van der Waals surface area (Å²) in [6.07, 6.45) is 0. The van der Waals surface area contributed by atoms with Gasteiger partial charge in [-0.15, -0.1) is 0 Å². The van der Waals surface area contributed by atoms with Crippen LogP contribution in [0.3, 0.4) is 0 Å². The molecule has 2 heterocycles. The van der Waals surface area contributed by atoms with Gasteiger partial charge in [0.05, 0.1) is 28.6 Å². The predicted molar refractivity (Wildman–Crippen MR) is 127 cm³/mol. The highest BCUT2D eigenvalue weighted by Crippen LogP contribution is 2.26. The van der Waals surface area contributed by atoms with Crippen molar-refractivity contribution >= 4 is 35.1 Å². The third-order valence-corrected chi connectivity index (χ3v) is 5.04. The molecule has 0 bridgehead atoms. The number of esters is 1. The number of nitrogens with zero attached hydrogens (tertiary/aromatic N) is 3. The van der Waals surface area contributed by atoms with Crippen molar-refractivity contribution in [3.63, 3.8) is 0 Å². The van der Waals surface area contributed by atoms with Crippen LogP contribution in [0.5, 0.6) is 0 Å². The van der Waals surface area contributed by atoms with Crippen molar-refractivity contribution in [3.05, 3.63) is 89.1 Å². The summed E-state index contributed by atoms with van der Waals surface area (Å²) in [5.41, 5.74) is 8.04. The largest absolute Gasteiger partial charge is 0.461 e. The zero-order valence-electron chi connectivity index (χ0n) is 17.7. The third-order valence-electron chi connectivity index (χ3n) is 4.71. The monoisotopic (exact) mass is 461 g/mol. The quantitative estimate of drug-likeness (QED) is 0.406. The molecule has 2 aromatic carbocycles. The summed E-state index contributed by atoms with van der Waals surface area (Å²) in [7, 11) is 0. The molecule has 0 aliphatic carbocycles. The van der Waals surface area contributed by atoms with Crippen LogP contribution in [-0.4, -0.2) is 33.2 Å². The number of benzene rings is 2. The van der Waals surface area contributed by atoms with Gasteiger partial charge >= 0.3 is 5.97 Å². The Balaban J connectivity index is 1.70. The topological polar surface area (TPSA) is 112 Å². The Morgan fingerprint density at radius 1 is 1.06 bits per heavy atom. The Morgan fingerprint density at radius 3 is 2.58 bits per heavy atom. The van der Waals surface area contributed by atoms with Gasteiger partial charge < -0.3 is 15.8 Å². The minimum atomic E-state index is -0.588. The van der Waals surface area contributed by atoms with E-state index in [4.69, 9.17) is 22.1 Å². The Bertz CT molecular complexity index is 1320. The Hall–Kier alpha value is -4.17. The number of hydrogen-bond donors (Lipinski definition) is 2. The maximum absolute atomic E-state index is 13.2. The molecule has 1 amide bonds. The second-order valence-electron chi connectivity index (χ2n) is 6.98. The average molecular weight is 462 g/mol. The van der Waals surface area contributed by atoms with E-state index in [2.05, 4.69) is 15.4 Å². The number of halogens is 1. The first kappa shape index (κ1) is 22.0. The molecule has 0 saturated carbocycles. The van der Waals surface area contributed by atoms with E-state index in [9.17, 15) is 9.59 Å². The highest BCUT2D eigenvalue weighted by Gasteiger charge is 2.20. The molecule has 0 aliphatic heterocycles. The molecule has 33 heavy (non-hydrogen) atoms. The number of nitrogens with one attached hydrogen (secondary N) is 1. The predicted octanol–water partition coefficient (Wildman–Crippen LogP) is 4.60. The van der Waals surface area contributed by atoms with Gasteiger partial charge in [-0.2, -0.15) is 5.10 Å². The first-order chi connectivity index (χ1) is 16.0. The number of rotatable bonds is 6. The minimum Gasteiger partial charge on any atom is -0.461 e. The standard InChI is InChI=1S/C24H20ClN5O3/c1-2-33-24(32)20-14-22(30(29-20)16-7-4-3-5-8-16)28-23(31)17-13-15(11-12-18(17)25)19-9-6-10-21(26)27-19/h3-14H,2H2,1H3,(H2,26,27)(H,28,31). The van der Waals surface area contributed by atoms with Crippen molar-refractivity contribution in [1.29, 1.82) is 0 Å². The number of amides is 1.